The second-order valence-corrected chi connectivity index (χ2v) is 8.28. The van der Waals surface area contributed by atoms with Gasteiger partial charge in [-0.3, -0.25) is 4.79 Å². The van der Waals surface area contributed by atoms with Gasteiger partial charge in [0.15, 0.2) is 6.10 Å². The standard InChI is InChI=1S/C19H20F2N2O4S/c1-14(27-16-8-6-15(20)7-9-16)19(24)22-10-12-23(13-11-22)28(25,26)18-5-3-2-4-17(18)21/h2-9,14H,10-13H2,1H3/t14-/m0/s1. The maximum absolute atomic E-state index is 13.9. The Morgan fingerprint density at radius 3 is 2.21 bits per heavy atom. The van der Waals surface area contributed by atoms with Crippen LogP contribution in [0.25, 0.3) is 0 Å². The van der Waals surface area contributed by atoms with Crippen molar-refractivity contribution in [2.45, 2.75) is 17.9 Å². The second kappa shape index (κ2) is 8.24. The second-order valence-electron chi connectivity index (χ2n) is 6.37. The van der Waals surface area contributed by atoms with Gasteiger partial charge in [0, 0.05) is 26.2 Å². The van der Waals surface area contributed by atoms with Gasteiger partial charge in [-0.1, -0.05) is 12.1 Å². The number of hydrogen-bond acceptors (Lipinski definition) is 4. The molecule has 150 valence electrons. The highest BCUT2D eigenvalue weighted by atomic mass is 32.2. The van der Waals surface area contributed by atoms with E-state index < -0.39 is 27.8 Å². The van der Waals surface area contributed by atoms with Crippen molar-refractivity contribution in [3.63, 3.8) is 0 Å². The Bertz CT molecular complexity index is 943. The average molecular weight is 410 g/mol. The van der Waals surface area contributed by atoms with Gasteiger partial charge in [-0.15, -0.1) is 0 Å². The Hall–Kier alpha value is -2.52. The van der Waals surface area contributed by atoms with Crippen LogP contribution in [-0.2, 0) is 14.8 Å². The topological polar surface area (TPSA) is 66.9 Å². The number of nitrogens with zero attached hydrogens (tertiary/aromatic N) is 2. The number of ether oxygens (including phenoxy) is 1. The minimum Gasteiger partial charge on any atom is -0.481 e. The zero-order chi connectivity index (χ0) is 20.3. The summed E-state index contributed by atoms with van der Waals surface area (Å²) in [4.78, 5) is 13.7. The Kier molecular flexibility index (Phi) is 5.95. The van der Waals surface area contributed by atoms with Crippen molar-refractivity contribution in [2.75, 3.05) is 26.2 Å². The van der Waals surface area contributed by atoms with Gasteiger partial charge in [0.1, 0.15) is 22.3 Å². The molecule has 1 atom stereocenters. The fourth-order valence-electron chi connectivity index (χ4n) is 2.97. The van der Waals surface area contributed by atoms with Crippen LogP contribution < -0.4 is 4.74 Å². The lowest BCUT2D eigenvalue weighted by Crippen LogP contribution is -2.53. The van der Waals surface area contributed by atoms with Crippen LogP contribution in [0.3, 0.4) is 0 Å². The molecule has 1 saturated heterocycles. The lowest BCUT2D eigenvalue weighted by atomic mass is 10.2. The van der Waals surface area contributed by atoms with Crippen molar-refractivity contribution in [1.29, 1.82) is 0 Å². The van der Waals surface area contributed by atoms with Gasteiger partial charge in [-0.25, -0.2) is 17.2 Å². The van der Waals surface area contributed by atoms with Gasteiger partial charge in [0.05, 0.1) is 0 Å². The first-order chi connectivity index (χ1) is 13.3. The van der Waals surface area contributed by atoms with E-state index in [1.54, 1.807) is 6.92 Å². The third-order valence-corrected chi connectivity index (χ3v) is 6.41. The Labute approximate surface area is 162 Å². The number of amides is 1. The van der Waals surface area contributed by atoms with E-state index in [1.807, 2.05) is 0 Å². The summed E-state index contributed by atoms with van der Waals surface area (Å²) < 4.78 is 58.7. The molecule has 3 rings (SSSR count). The van der Waals surface area contributed by atoms with Gasteiger partial charge in [-0.05, 0) is 43.3 Å². The summed E-state index contributed by atoms with van der Waals surface area (Å²) in [6.45, 7) is 2.04. The molecule has 0 saturated carbocycles. The van der Waals surface area contributed by atoms with Crippen LogP contribution in [0.4, 0.5) is 8.78 Å². The predicted octanol–water partition coefficient (Wildman–Crippen LogP) is 2.27. The summed E-state index contributed by atoms with van der Waals surface area (Å²) in [6, 6.07) is 10.5. The first kappa shape index (κ1) is 20.2. The maximum Gasteiger partial charge on any atom is 0.263 e. The molecule has 0 radical (unpaired) electrons. The van der Waals surface area contributed by atoms with E-state index in [9.17, 15) is 22.0 Å². The molecule has 2 aromatic rings. The van der Waals surface area contributed by atoms with E-state index in [1.165, 1.54) is 51.7 Å². The molecule has 0 unspecified atom stereocenters. The van der Waals surface area contributed by atoms with Crippen molar-refractivity contribution >= 4 is 15.9 Å². The highest BCUT2D eigenvalue weighted by Crippen LogP contribution is 2.21. The van der Waals surface area contributed by atoms with Gasteiger partial charge in [0.2, 0.25) is 10.0 Å². The number of carbonyl (C=O) groups is 1. The minimum absolute atomic E-state index is 0.0612. The van der Waals surface area contributed by atoms with E-state index >= 15 is 0 Å². The Morgan fingerprint density at radius 1 is 1.00 bits per heavy atom. The first-order valence-electron chi connectivity index (χ1n) is 8.75. The summed E-state index contributed by atoms with van der Waals surface area (Å²) in [7, 11) is -3.96. The van der Waals surface area contributed by atoms with Gasteiger partial charge < -0.3 is 9.64 Å². The van der Waals surface area contributed by atoms with E-state index in [-0.39, 0.29) is 37.0 Å². The molecule has 0 aliphatic carbocycles. The molecule has 2 aromatic carbocycles. The zero-order valence-electron chi connectivity index (χ0n) is 15.2. The molecular formula is C19H20F2N2O4S. The third-order valence-electron chi connectivity index (χ3n) is 4.48. The first-order valence-corrected chi connectivity index (χ1v) is 10.2. The summed E-state index contributed by atoms with van der Waals surface area (Å²) in [5.74, 6) is -1.14. The van der Waals surface area contributed by atoms with Crippen LogP contribution in [0.5, 0.6) is 5.75 Å². The van der Waals surface area contributed by atoms with Crippen molar-refractivity contribution < 1.29 is 26.7 Å². The number of rotatable bonds is 5. The van der Waals surface area contributed by atoms with Crippen molar-refractivity contribution in [3.05, 3.63) is 60.2 Å². The minimum atomic E-state index is -3.96. The molecule has 1 amide bonds. The molecule has 1 heterocycles. The fraction of sp³-hybridized carbons (Fsp3) is 0.316. The Morgan fingerprint density at radius 2 is 1.61 bits per heavy atom. The maximum atomic E-state index is 13.9. The van der Waals surface area contributed by atoms with Crippen molar-refractivity contribution in [2.24, 2.45) is 0 Å². The van der Waals surface area contributed by atoms with Gasteiger partial charge >= 0.3 is 0 Å². The van der Waals surface area contributed by atoms with Crippen LogP contribution in [-0.4, -0.2) is 55.8 Å². The molecule has 9 heteroatoms. The number of benzene rings is 2. The SMILES string of the molecule is C[C@H](Oc1ccc(F)cc1)C(=O)N1CCN(S(=O)(=O)c2ccccc2F)CC1. The molecule has 0 N–H and O–H groups in total. The number of hydrogen-bond donors (Lipinski definition) is 0. The summed E-state index contributed by atoms with van der Waals surface area (Å²) >= 11 is 0. The highest BCUT2D eigenvalue weighted by molar-refractivity contribution is 7.89. The highest BCUT2D eigenvalue weighted by Gasteiger charge is 2.33. The van der Waals surface area contributed by atoms with Gasteiger partial charge in [0.25, 0.3) is 5.91 Å². The molecule has 1 fully saturated rings. The van der Waals surface area contributed by atoms with E-state index in [4.69, 9.17) is 4.74 Å². The molecule has 1 aliphatic heterocycles. The number of sulfonamides is 1. The van der Waals surface area contributed by atoms with E-state index in [0.29, 0.717) is 5.75 Å². The van der Waals surface area contributed by atoms with E-state index in [0.717, 1.165) is 6.07 Å². The van der Waals surface area contributed by atoms with Crippen LogP contribution in [0.1, 0.15) is 6.92 Å². The van der Waals surface area contributed by atoms with Crippen molar-refractivity contribution in [3.8, 4) is 5.75 Å². The van der Waals surface area contributed by atoms with E-state index in [2.05, 4.69) is 0 Å². The summed E-state index contributed by atoms with van der Waals surface area (Å²) in [5.41, 5.74) is 0. The molecule has 6 nitrogen and oxygen atoms in total. The number of halogens is 2. The quantitative estimate of drug-likeness (QED) is 0.759. The van der Waals surface area contributed by atoms with Gasteiger partial charge in [-0.2, -0.15) is 4.31 Å². The monoisotopic (exact) mass is 410 g/mol. The number of piperazine rings is 1. The lowest BCUT2D eigenvalue weighted by molar-refractivity contribution is -0.139. The molecule has 1 aliphatic rings. The molecular weight excluding hydrogens is 390 g/mol. The van der Waals surface area contributed by atoms with Crippen molar-refractivity contribution in [1.82, 2.24) is 9.21 Å². The smallest absolute Gasteiger partial charge is 0.263 e. The predicted molar refractivity (Wildman–Crippen MR) is 98.2 cm³/mol. The third kappa shape index (κ3) is 4.31. The average Bonchev–Trinajstić information content (AvgIpc) is 2.69. The fourth-order valence-corrected chi connectivity index (χ4v) is 4.45. The van der Waals surface area contributed by atoms with Crippen LogP contribution in [0, 0.1) is 11.6 Å². The normalized spacial score (nSPS) is 16.6. The molecule has 0 spiro atoms. The lowest BCUT2D eigenvalue weighted by Gasteiger charge is -2.35. The summed E-state index contributed by atoms with van der Waals surface area (Å²) in [5, 5.41) is 0. The largest absolute Gasteiger partial charge is 0.481 e. The number of carbonyl (C=O) groups excluding carboxylic acids is 1. The molecule has 0 aromatic heterocycles. The zero-order valence-corrected chi connectivity index (χ0v) is 16.0. The van der Waals surface area contributed by atoms with Crippen LogP contribution >= 0.6 is 0 Å². The molecule has 0 bridgehead atoms. The molecule has 28 heavy (non-hydrogen) atoms. The van der Waals surface area contributed by atoms with Crippen LogP contribution in [0.15, 0.2) is 53.4 Å². The summed E-state index contributed by atoms with van der Waals surface area (Å²) in [6.07, 6.45) is -0.805. The van der Waals surface area contributed by atoms with Crippen LogP contribution in [0.2, 0.25) is 0 Å². The Balaban J connectivity index is 1.60.